The number of carbonyl (C=O) groups is 2. The van der Waals surface area contributed by atoms with Gasteiger partial charge in [0.2, 0.25) is 11.8 Å². The molecule has 0 radical (unpaired) electrons. The van der Waals surface area contributed by atoms with Gasteiger partial charge in [0.25, 0.3) is 0 Å². The lowest BCUT2D eigenvalue weighted by Crippen LogP contribution is -2.49. The van der Waals surface area contributed by atoms with Gasteiger partial charge >= 0.3 is 0 Å². The number of nitrogens with two attached hydrogens (primary N) is 1. The number of primary amides is 1. The second-order valence-corrected chi connectivity index (χ2v) is 9.08. The minimum absolute atomic E-state index is 0.0702. The Hall–Kier alpha value is -2.86. The van der Waals surface area contributed by atoms with Crippen molar-refractivity contribution < 1.29 is 14.3 Å². The van der Waals surface area contributed by atoms with Crippen molar-refractivity contribution in [1.29, 1.82) is 0 Å². The van der Waals surface area contributed by atoms with Crippen molar-refractivity contribution in [3.05, 3.63) is 65.7 Å². The summed E-state index contributed by atoms with van der Waals surface area (Å²) in [5.41, 5.74) is 8.05. The maximum Gasteiger partial charge on any atom is 0.240 e. The number of amides is 2. The molecule has 0 spiro atoms. The van der Waals surface area contributed by atoms with E-state index in [1.54, 1.807) is 12.0 Å². The van der Waals surface area contributed by atoms with E-state index in [1.165, 1.54) is 5.56 Å². The highest BCUT2D eigenvalue weighted by molar-refractivity contribution is 5.87. The first-order valence-corrected chi connectivity index (χ1v) is 11.5. The molecule has 2 aliphatic heterocycles. The fourth-order valence-corrected chi connectivity index (χ4v) is 5.19. The molecule has 0 aliphatic carbocycles. The molecule has 3 atom stereocenters. The molecule has 2 aliphatic rings. The molecule has 0 saturated carbocycles. The van der Waals surface area contributed by atoms with Gasteiger partial charge in [-0.1, -0.05) is 42.5 Å². The van der Waals surface area contributed by atoms with Gasteiger partial charge in [0.1, 0.15) is 11.8 Å². The Bertz CT molecular complexity index is 916. The van der Waals surface area contributed by atoms with Gasteiger partial charge < -0.3 is 15.4 Å². The number of likely N-dealkylation sites (tertiary alicyclic amines) is 2. The van der Waals surface area contributed by atoms with Gasteiger partial charge in [-0.25, -0.2) is 0 Å². The van der Waals surface area contributed by atoms with Crippen LogP contribution in [0.3, 0.4) is 0 Å². The average molecular weight is 436 g/mol. The Morgan fingerprint density at radius 2 is 1.75 bits per heavy atom. The summed E-state index contributed by atoms with van der Waals surface area (Å²) >= 11 is 0. The molecule has 0 aromatic heterocycles. The van der Waals surface area contributed by atoms with Gasteiger partial charge in [0, 0.05) is 32.5 Å². The standard InChI is InChI=1S/C26H33N3O3/c1-32-23-9-7-20(8-10-23)17-28-13-11-21-16-25(30)29(14-12-22(21)18-28)24(26(27)31)15-19-5-3-2-4-6-19/h2-10,21-22,24H,11-18H2,1H3,(H2,27,31). The average Bonchev–Trinajstić information content (AvgIpc) is 2.96. The minimum Gasteiger partial charge on any atom is -0.497 e. The summed E-state index contributed by atoms with van der Waals surface area (Å²) in [6, 6.07) is 17.5. The van der Waals surface area contributed by atoms with Crippen LogP contribution in [0, 0.1) is 11.8 Å². The quantitative estimate of drug-likeness (QED) is 0.726. The van der Waals surface area contributed by atoms with Gasteiger partial charge in [-0.2, -0.15) is 0 Å². The van der Waals surface area contributed by atoms with Crippen LogP contribution in [-0.2, 0) is 22.6 Å². The molecular weight excluding hydrogens is 402 g/mol. The summed E-state index contributed by atoms with van der Waals surface area (Å²) in [6.45, 7) is 3.47. The highest BCUT2D eigenvalue weighted by Gasteiger charge is 2.38. The summed E-state index contributed by atoms with van der Waals surface area (Å²) in [4.78, 5) is 29.7. The van der Waals surface area contributed by atoms with Gasteiger partial charge in [-0.3, -0.25) is 14.5 Å². The molecule has 2 heterocycles. The summed E-state index contributed by atoms with van der Waals surface area (Å²) < 4.78 is 5.25. The third kappa shape index (κ3) is 5.30. The predicted molar refractivity (Wildman–Crippen MR) is 124 cm³/mol. The Morgan fingerprint density at radius 1 is 1.03 bits per heavy atom. The van der Waals surface area contributed by atoms with Crippen molar-refractivity contribution >= 4 is 11.8 Å². The Labute approximate surface area is 190 Å². The number of hydrogen-bond acceptors (Lipinski definition) is 4. The number of piperidine rings is 1. The van der Waals surface area contributed by atoms with E-state index in [-0.39, 0.29) is 5.91 Å². The fraction of sp³-hybridized carbons (Fsp3) is 0.462. The molecule has 3 unspecified atom stereocenters. The van der Waals surface area contributed by atoms with Crippen LogP contribution in [0.4, 0.5) is 0 Å². The summed E-state index contributed by atoms with van der Waals surface area (Å²) in [7, 11) is 1.68. The van der Waals surface area contributed by atoms with Crippen LogP contribution in [-0.4, -0.2) is 54.4 Å². The third-order valence-corrected chi connectivity index (χ3v) is 7.02. The van der Waals surface area contributed by atoms with Crippen LogP contribution in [0.25, 0.3) is 0 Å². The van der Waals surface area contributed by atoms with E-state index in [0.717, 1.165) is 43.8 Å². The minimum atomic E-state index is -0.583. The summed E-state index contributed by atoms with van der Waals surface area (Å²) in [6.07, 6.45) is 2.91. The predicted octanol–water partition coefficient (Wildman–Crippen LogP) is 2.85. The smallest absolute Gasteiger partial charge is 0.240 e. The molecule has 0 bridgehead atoms. The number of nitrogens with zero attached hydrogens (tertiary/aromatic N) is 2. The van der Waals surface area contributed by atoms with Crippen LogP contribution >= 0.6 is 0 Å². The van der Waals surface area contributed by atoms with Crippen molar-refractivity contribution in [2.75, 3.05) is 26.7 Å². The normalized spacial score (nSPS) is 22.7. The van der Waals surface area contributed by atoms with Crippen LogP contribution in [0.2, 0.25) is 0 Å². The van der Waals surface area contributed by atoms with E-state index >= 15 is 0 Å². The number of benzene rings is 2. The van der Waals surface area contributed by atoms with Crippen molar-refractivity contribution in [1.82, 2.24) is 9.80 Å². The van der Waals surface area contributed by atoms with Crippen molar-refractivity contribution in [2.24, 2.45) is 17.6 Å². The molecule has 6 nitrogen and oxygen atoms in total. The SMILES string of the molecule is COc1ccc(CN2CCC3CC(=O)N(C(Cc4ccccc4)C(N)=O)CCC3C2)cc1. The Morgan fingerprint density at radius 3 is 2.44 bits per heavy atom. The topological polar surface area (TPSA) is 75.9 Å². The monoisotopic (exact) mass is 435 g/mol. The fourth-order valence-electron chi connectivity index (χ4n) is 5.19. The number of hydrogen-bond donors (Lipinski definition) is 1. The van der Waals surface area contributed by atoms with E-state index in [0.29, 0.717) is 31.2 Å². The number of methoxy groups -OCH3 is 1. The molecular formula is C26H33N3O3. The third-order valence-electron chi connectivity index (χ3n) is 7.02. The number of carbonyl (C=O) groups excluding carboxylic acids is 2. The van der Waals surface area contributed by atoms with Crippen molar-refractivity contribution in [2.45, 2.75) is 38.3 Å². The largest absolute Gasteiger partial charge is 0.497 e. The van der Waals surface area contributed by atoms with Crippen molar-refractivity contribution in [3.8, 4) is 5.75 Å². The highest BCUT2D eigenvalue weighted by atomic mass is 16.5. The van der Waals surface area contributed by atoms with Crippen LogP contribution in [0.15, 0.2) is 54.6 Å². The zero-order valence-corrected chi connectivity index (χ0v) is 18.8. The maximum absolute atomic E-state index is 13.1. The summed E-state index contributed by atoms with van der Waals surface area (Å²) in [5.74, 6) is 1.36. The molecule has 2 fully saturated rings. The highest BCUT2D eigenvalue weighted by Crippen LogP contribution is 2.34. The zero-order chi connectivity index (χ0) is 22.5. The first-order valence-electron chi connectivity index (χ1n) is 11.5. The molecule has 2 saturated heterocycles. The molecule has 2 aromatic carbocycles. The van der Waals surface area contributed by atoms with E-state index in [9.17, 15) is 9.59 Å². The van der Waals surface area contributed by atoms with E-state index in [2.05, 4.69) is 17.0 Å². The number of rotatable bonds is 7. The second kappa shape index (κ2) is 10.2. The van der Waals surface area contributed by atoms with Crippen LogP contribution in [0.5, 0.6) is 5.75 Å². The van der Waals surface area contributed by atoms with Gasteiger partial charge in [0.15, 0.2) is 0 Å². The van der Waals surface area contributed by atoms with Crippen LogP contribution < -0.4 is 10.5 Å². The van der Waals surface area contributed by atoms with Crippen molar-refractivity contribution in [3.63, 3.8) is 0 Å². The molecule has 170 valence electrons. The number of ether oxygens (including phenoxy) is 1. The van der Waals surface area contributed by atoms with E-state index in [1.807, 2.05) is 42.5 Å². The lowest BCUT2D eigenvalue weighted by atomic mass is 9.82. The van der Waals surface area contributed by atoms with Crippen LogP contribution in [0.1, 0.15) is 30.4 Å². The van der Waals surface area contributed by atoms with E-state index in [4.69, 9.17) is 10.5 Å². The number of fused-ring (bicyclic) bond motifs is 1. The molecule has 32 heavy (non-hydrogen) atoms. The van der Waals surface area contributed by atoms with E-state index < -0.39 is 11.9 Å². The summed E-state index contributed by atoms with van der Waals surface area (Å²) in [5, 5.41) is 0. The molecule has 4 rings (SSSR count). The molecule has 2 N–H and O–H groups in total. The first-order chi connectivity index (χ1) is 15.5. The Kier molecular flexibility index (Phi) is 7.10. The molecule has 2 amide bonds. The molecule has 2 aromatic rings. The lowest BCUT2D eigenvalue weighted by Gasteiger charge is -2.37. The molecule has 6 heteroatoms. The van der Waals surface area contributed by atoms with Gasteiger partial charge in [0.05, 0.1) is 7.11 Å². The first kappa shape index (κ1) is 22.3. The Balaban J connectivity index is 1.40. The maximum atomic E-state index is 13.1. The second-order valence-electron chi connectivity index (χ2n) is 9.08. The zero-order valence-electron chi connectivity index (χ0n) is 18.8. The lowest BCUT2D eigenvalue weighted by molar-refractivity contribution is -0.139. The van der Waals surface area contributed by atoms with Gasteiger partial charge in [-0.15, -0.1) is 0 Å². The van der Waals surface area contributed by atoms with Gasteiger partial charge in [-0.05, 0) is 54.5 Å².